The maximum absolute atomic E-state index is 13.1. The van der Waals surface area contributed by atoms with Crippen molar-refractivity contribution in [3.8, 4) is 5.69 Å². The average molecular weight is 416 g/mol. The lowest BCUT2D eigenvalue weighted by molar-refractivity contribution is -0.116. The normalized spacial score (nSPS) is 10.8. The van der Waals surface area contributed by atoms with Crippen LogP contribution in [0.1, 0.15) is 23.4 Å². The summed E-state index contributed by atoms with van der Waals surface area (Å²) in [5.74, 6) is -0.461. The third-order valence-corrected chi connectivity index (χ3v) is 4.69. The Morgan fingerprint density at radius 1 is 1.15 bits per heavy atom. The van der Waals surface area contributed by atoms with E-state index in [2.05, 4.69) is 26.3 Å². The van der Waals surface area contributed by atoms with Gasteiger partial charge in [0.25, 0.3) is 0 Å². The van der Waals surface area contributed by atoms with Gasteiger partial charge in [0.15, 0.2) is 0 Å². The molecule has 6 heteroatoms. The Bertz CT molecular complexity index is 935. The lowest BCUT2D eigenvalue weighted by atomic mass is 10.1. The summed E-state index contributed by atoms with van der Waals surface area (Å²) in [4.78, 5) is 12.1. The highest BCUT2D eigenvalue weighted by Gasteiger charge is 2.08. The minimum Gasteiger partial charge on any atom is -0.325 e. The van der Waals surface area contributed by atoms with Crippen molar-refractivity contribution < 1.29 is 9.18 Å². The minimum absolute atomic E-state index is 0.111. The molecule has 0 unspecified atom stereocenters. The van der Waals surface area contributed by atoms with Gasteiger partial charge in [-0.2, -0.15) is 5.10 Å². The molecule has 0 aliphatic carbocycles. The van der Waals surface area contributed by atoms with Crippen LogP contribution in [0.25, 0.3) is 5.69 Å². The molecule has 3 aromatic rings. The fraction of sp³-hybridized carbons (Fsp3) is 0.200. The van der Waals surface area contributed by atoms with Gasteiger partial charge in [-0.25, -0.2) is 9.07 Å². The van der Waals surface area contributed by atoms with Gasteiger partial charge in [0.05, 0.1) is 17.1 Å². The number of halogens is 2. The number of hydrogen-bond donors (Lipinski definition) is 1. The fourth-order valence-electron chi connectivity index (χ4n) is 2.76. The summed E-state index contributed by atoms with van der Waals surface area (Å²) >= 11 is 3.25. The molecule has 1 heterocycles. The highest BCUT2D eigenvalue weighted by Crippen LogP contribution is 2.23. The SMILES string of the molecule is Cc1cc(C)n(-c2ccc(CCC(=O)Nc3ccc(F)cc3Br)cc2)n1. The number of rotatable bonds is 5. The number of carbonyl (C=O) groups is 1. The first-order valence-electron chi connectivity index (χ1n) is 8.30. The van der Waals surface area contributed by atoms with Crippen molar-refractivity contribution >= 4 is 27.5 Å². The Kier molecular flexibility index (Phi) is 5.52. The zero-order chi connectivity index (χ0) is 18.7. The topological polar surface area (TPSA) is 46.9 Å². The van der Waals surface area contributed by atoms with E-state index in [0.717, 1.165) is 22.6 Å². The van der Waals surface area contributed by atoms with E-state index in [-0.39, 0.29) is 11.7 Å². The molecule has 0 bridgehead atoms. The predicted molar refractivity (Wildman–Crippen MR) is 104 cm³/mol. The fourth-order valence-corrected chi connectivity index (χ4v) is 3.21. The van der Waals surface area contributed by atoms with Gasteiger partial charge in [-0.15, -0.1) is 0 Å². The monoisotopic (exact) mass is 415 g/mol. The Hall–Kier alpha value is -2.47. The van der Waals surface area contributed by atoms with Gasteiger partial charge in [0, 0.05) is 16.6 Å². The molecule has 134 valence electrons. The molecule has 0 aliphatic rings. The summed E-state index contributed by atoms with van der Waals surface area (Å²) in [6, 6.07) is 14.2. The molecule has 0 atom stereocenters. The molecule has 0 saturated carbocycles. The number of hydrogen-bond acceptors (Lipinski definition) is 2. The van der Waals surface area contributed by atoms with E-state index in [4.69, 9.17) is 0 Å². The Balaban J connectivity index is 1.59. The van der Waals surface area contributed by atoms with Crippen LogP contribution in [0, 0.1) is 19.7 Å². The third kappa shape index (κ3) is 4.38. The van der Waals surface area contributed by atoms with Gasteiger partial charge in [-0.1, -0.05) is 12.1 Å². The van der Waals surface area contributed by atoms with Crippen LogP contribution in [-0.4, -0.2) is 15.7 Å². The molecule has 0 spiro atoms. The second-order valence-corrected chi connectivity index (χ2v) is 7.03. The van der Waals surface area contributed by atoms with E-state index >= 15 is 0 Å². The summed E-state index contributed by atoms with van der Waals surface area (Å²) in [6.07, 6.45) is 0.977. The van der Waals surface area contributed by atoms with Gasteiger partial charge >= 0.3 is 0 Å². The molecule has 3 rings (SSSR count). The number of aryl methyl sites for hydroxylation is 3. The summed E-state index contributed by atoms with van der Waals surface area (Å²) in [6.45, 7) is 3.99. The van der Waals surface area contributed by atoms with Crippen LogP contribution in [0.5, 0.6) is 0 Å². The number of aromatic nitrogens is 2. The second-order valence-electron chi connectivity index (χ2n) is 6.18. The highest BCUT2D eigenvalue weighted by molar-refractivity contribution is 9.10. The lowest BCUT2D eigenvalue weighted by Crippen LogP contribution is -2.12. The number of nitrogens with one attached hydrogen (secondary N) is 1. The molecule has 4 nitrogen and oxygen atoms in total. The van der Waals surface area contributed by atoms with Crippen molar-refractivity contribution in [3.63, 3.8) is 0 Å². The maximum atomic E-state index is 13.1. The molecule has 0 fully saturated rings. The third-order valence-electron chi connectivity index (χ3n) is 4.04. The Morgan fingerprint density at radius 2 is 1.88 bits per heavy atom. The molecule has 26 heavy (non-hydrogen) atoms. The first-order chi connectivity index (χ1) is 12.4. The van der Waals surface area contributed by atoms with Crippen LogP contribution in [0.2, 0.25) is 0 Å². The zero-order valence-electron chi connectivity index (χ0n) is 14.6. The molecular weight excluding hydrogens is 397 g/mol. The van der Waals surface area contributed by atoms with Crippen molar-refractivity contribution in [1.29, 1.82) is 0 Å². The van der Waals surface area contributed by atoms with E-state index < -0.39 is 0 Å². The molecule has 0 aliphatic heterocycles. The number of anilines is 1. The summed E-state index contributed by atoms with van der Waals surface area (Å²) in [5.41, 5.74) is 4.70. The van der Waals surface area contributed by atoms with Gasteiger partial charge in [-0.05, 0) is 78.2 Å². The summed E-state index contributed by atoms with van der Waals surface area (Å²) in [7, 11) is 0. The van der Waals surface area contributed by atoms with Crippen molar-refractivity contribution in [2.45, 2.75) is 26.7 Å². The first kappa shape index (κ1) is 18.3. The summed E-state index contributed by atoms with van der Waals surface area (Å²) < 4.78 is 15.5. The molecule has 0 radical (unpaired) electrons. The smallest absolute Gasteiger partial charge is 0.224 e. The van der Waals surface area contributed by atoms with Crippen molar-refractivity contribution in [2.24, 2.45) is 0 Å². The molecular formula is C20H19BrFN3O. The van der Waals surface area contributed by atoms with Gasteiger partial charge < -0.3 is 5.32 Å². The van der Waals surface area contributed by atoms with E-state index in [9.17, 15) is 9.18 Å². The molecule has 1 amide bonds. The molecule has 0 saturated heterocycles. The van der Waals surface area contributed by atoms with E-state index in [0.29, 0.717) is 23.0 Å². The predicted octanol–water partition coefficient (Wildman–Crippen LogP) is 4.96. The van der Waals surface area contributed by atoms with E-state index in [1.54, 1.807) is 6.07 Å². The summed E-state index contributed by atoms with van der Waals surface area (Å²) in [5, 5.41) is 7.26. The zero-order valence-corrected chi connectivity index (χ0v) is 16.2. The van der Waals surface area contributed by atoms with Crippen LogP contribution >= 0.6 is 15.9 Å². The minimum atomic E-state index is -0.349. The number of carbonyl (C=O) groups excluding carboxylic acids is 1. The quantitative estimate of drug-likeness (QED) is 0.639. The largest absolute Gasteiger partial charge is 0.325 e. The highest BCUT2D eigenvalue weighted by atomic mass is 79.9. The van der Waals surface area contributed by atoms with Crippen LogP contribution in [0.3, 0.4) is 0 Å². The van der Waals surface area contributed by atoms with Crippen LogP contribution in [0.15, 0.2) is 53.0 Å². The van der Waals surface area contributed by atoms with Gasteiger partial charge in [-0.3, -0.25) is 4.79 Å². The van der Waals surface area contributed by atoms with Gasteiger partial charge in [0.2, 0.25) is 5.91 Å². The van der Waals surface area contributed by atoms with Crippen LogP contribution in [0.4, 0.5) is 10.1 Å². The Morgan fingerprint density at radius 3 is 2.50 bits per heavy atom. The van der Waals surface area contributed by atoms with Gasteiger partial charge in [0.1, 0.15) is 5.82 Å². The van der Waals surface area contributed by atoms with Crippen molar-refractivity contribution in [1.82, 2.24) is 9.78 Å². The van der Waals surface area contributed by atoms with E-state index in [1.165, 1.54) is 12.1 Å². The lowest BCUT2D eigenvalue weighted by Gasteiger charge is -2.08. The number of benzene rings is 2. The van der Waals surface area contributed by atoms with Crippen molar-refractivity contribution in [2.75, 3.05) is 5.32 Å². The first-order valence-corrected chi connectivity index (χ1v) is 9.09. The molecule has 1 aromatic heterocycles. The number of amides is 1. The maximum Gasteiger partial charge on any atom is 0.224 e. The van der Waals surface area contributed by atoms with Crippen LogP contribution in [-0.2, 0) is 11.2 Å². The second kappa shape index (κ2) is 7.83. The Labute approximate surface area is 160 Å². The van der Waals surface area contributed by atoms with Crippen molar-refractivity contribution in [3.05, 3.63) is 75.8 Å². The standard InChI is InChI=1S/C20H19BrFN3O/c1-13-11-14(2)25(24-13)17-7-3-15(4-8-17)5-10-20(26)23-19-9-6-16(22)12-18(19)21/h3-4,6-9,11-12H,5,10H2,1-2H3,(H,23,26). The molecule has 1 N–H and O–H groups in total. The van der Waals surface area contributed by atoms with E-state index in [1.807, 2.05) is 48.9 Å². The molecule has 2 aromatic carbocycles. The van der Waals surface area contributed by atoms with Crippen LogP contribution < -0.4 is 5.32 Å². The number of nitrogens with zero attached hydrogens (tertiary/aromatic N) is 2. The average Bonchev–Trinajstić information content (AvgIpc) is 2.94.